The van der Waals surface area contributed by atoms with Crippen molar-refractivity contribution in [3.8, 4) is 5.75 Å². The van der Waals surface area contributed by atoms with E-state index in [-0.39, 0.29) is 12.6 Å². The average Bonchev–Trinajstić information content (AvgIpc) is 2.41. The molecule has 4 nitrogen and oxygen atoms in total. The van der Waals surface area contributed by atoms with E-state index in [1.165, 1.54) is 0 Å². The predicted octanol–water partition coefficient (Wildman–Crippen LogP) is 0.634. The molecule has 2 N–H and O–H groups in total. The zero-order valence-electron chi connectivity index (χ0n) is 10.2. The van der Waals surface area contributed by atoms with Gasteiger partial charge in [-0.1, -0.05) is 12.1 Å². The minimum absolute atomic E-state index is 0.0761. The van der Waals surface area contributed by atoms with E-state index in [9.17, 15) is 5.11 Å². The molecule has 1 aromatic rings. The molecular weight excluding hydrogens is 216 g/mol. The maximum absolute atomic E-state index is 9.59. The molecule has 0 bridgehead atoms. The molecule has 0 unspecified atom stereocenters. The summed E-state index contributed by atoms with van der Waals surface area (Å²) in [6.45, 7) is 4.07. The number of benzene rings is 1. The lowest BCUT2D eigenvalue weighted by molar-refractivity contribution is 0.110. The summed E-state index contributed by atoms with van der Waals surface area (Å²) in [5.41, 5.74) is 1.12. The summed E-state index contributed by atoms with van der Waals surface area (Å²) in [5, 5.41) is 12.9. The number of nitrogens with zero attached hydrogens (tertiary/aromatic N) is 1. The van der Waals surface area contributed by atoms with Crippen LogP contribution in [0.3, 0.4) is 0 Å². The lowest BCUT2D eigenvalue weighted by atomic mass is 10.0. The van der Waals surface area contributed by atoms with Crippen LogP contribution in [0.1, 0.15) is 11.6 Å². The Morgan fingerprint density at radius 2 is 2.18 bits per heavy atom. The van der Waals surface area contributed by atoms with Crippen LogP contribution in [-0.2, 0) is 0 Å². The Labute approximate surface area is 102 Å². The number of methoxy groups -OCH3 is 1. The quantitative estimate of drug-likeness (QED) is 0.805. The molecule has 0 amide bonds. The van der Waals surface area contributed by atoms with Crippen molar-refractivity contribution >= 4 is 0 Å². The molecule has 1 aliphatic rings. The summed E-state index contributed by atoms with van der Waals surface area (Å²) in [7, 11) is 1.66. The van der Waals surface area contributed by atoms with Crippen LogP contribution in [0.25, 0.3) is 0 Å². The van der Waals surface area contributed by atoms with Gasteiger partial charge in [-0.2, -0.15) is 0 Å². The van der Waals surface area contributed by atoms with Crippen molar-refractivity contribution in [1.82, 2.24) is 10.2 Å². The van der Waals surface area contributed by atoms with Crippen LogP contribution in [0.2, 0.25) is 0 Å². The Kier molecular flexibility index (Phi) is 4.36. The zero-order valence-corrected chi connectivity index (χ0v) is 10.2. The molecule has 17 heavy (non-hydrogen) atoms. The minimum Gasteiger partial charge on any atom is -0.497 e. The summed E-state index contributed by atoms with van der Waals surface area (Å²) in [4.78, 5) is 2.31. The van der Waals surface area contributed by atoms with Gasteiger partial charge in [0.05, 0.1) is 19.8 Å². The molecule has 1 aromatic carbocycles. The van der Waals surface area contributed by atoms with E-state index in [2.05, 4.69) is 10.2 Å². The minimum atomic E-state index is 0.0761. The molecule has 1 fully saturated rings. The molecule has 0 aromatic heterocycles. The number of aliphatic hydroxyl groups is 1. The topological polar surface area (TPSA) is 44.7 Å². The number of hydrogen-bond donors (Lipinski definition) is 2. The summed E-state index contributed by atoms with van der Waals surface area (Å²) in [6, 6.07) is 8.02. The largest absolute Gasteiger partial charge is 0.497 e. The highest BCUT2D eigenvalue weighted by atomic mass is 16.5. The highest BCUT2D eigenvalue weighted by Gasteiger charge is 2.21. The Bertz CT molecular complexity index is 351. The fourth-order valence-electron chi connectivity index (χ4n) is 2.27. The van der Waals surface area contributed by atoms with Gasteiger partial charge >= 0.3 is 0 Å². The number of aliphatic hydroxyl groups excluding tert-OH is 1. The van der Waals surface area contributed by atoms with Crippen molar-refractivity contribution in [3.63, 3.8) is 0 Å². The van der Waals surface area contributed by atoms with E-state index in [0.717, 1.165) is 37.5 Å². The van der Waals surface area contributed by atoms with Crippen molar-refractivity contribution < 1.29 is 9.84 Å². The van der Waals surface area contributed by atoms with E-state index in [1.54, 1.807) is 7.11 Å². The molecule has 2 rings (SSSR count). The SMILES string of the molecule is COc1cccc([C@@H](CO)N2CCNCC2)c1. The van der Waals surface area contributed by atoms with Crippen LogP contribution < -0.4 is 10.1 Å². The number of nitrogens with one attached hydrogen (secondary N) is 1. The fourth-order valence-corrected chi connectivity index (χ4v) is 2.27. The highest BCUT2D eigenvalue weighted by Crippen LogP contribution is 2.24. The molecule has 1 aliphatic heterocycles. The van der Waals surface area contributed by atoms with Gasteiger partial charge in [-0.3, -0.25) is 4.90 Å². The van der Waals surface area contributed by atoms with E-state index < -0.39 is 0 Å². The van der Waals surface area contributed by atoms with Gasteiger partial charge in [0.1, 0.15) is 5.75 Å². The number of ether oxygens (including phenoxy) is 1. The third kappa shape index (κ3) is 2.97. The molecule has 4 heteroatoms. The second-order valence-electron chi connectivity index (χ2n) is 4.26. The summed E-state index contributed by atoms with van der Waals surface area (Å²) >= 11 is 0. The molecule has 0 aliphatic carbocycles. The second-order valence-corrected chi connectivity index (χ2v) is 4.26. The molecule has 94 valence electrons. The highest BCUT2D eigenvalue weighted by molar-refractivity contribution is 5.30. The van der Waals surface area contributed by atoms with E-state index in [1.807, 2.05) is 24.3 Å². The first-order chi connectivity index (χ1) is 8.35. The predicted molar refractivity (Wildman–Crippen MR) is 67.3 cm³/mol. The van der Waals surface area contributed by atoms with Gasteiger partial charge in [0, 0.05) is 26.2 Å². The number of hydrogen-bond acceptors (Lipinski definition) is 4. The average molecular weight is 236 g/mol. The Morgan fingerprint density at radius 3 is 2.82 bits per heavy atom. The Hall–Kier alpha value is -1.10. The summed E-state index contributed by atoms with van der Waals surface area (Å²) < 4.78 is 5.22. The molecule has 0 spiro atoms. The Balaban J connectivity index is 2.15. The van der Waals surface area contributed by atoms with Crippen molar-refractivity contribution in [3.05, 3.63) is 29.8 Å². The zero-order chi connectivity index (χ0) is 12.1. The Morgan fingerprint density at radius 1 is 1.41 bits per heavy atom. The maximum atomic E-state index is 9.59. The lowest BCUT2D eigenvalue weighted by Crippen LogP contribution is -2.46. The molecule has 1 heterocycles. The smallest absolute Gasteiger partial charge is 0.119 e. The lowest BCUT2D eigenvalue weighted by Gasteiger charge is -2.34. The summed E-state index contributed by atoms with van der Waals surface area (Å²) in [6.07, 6.45) is 0. The normalized spacial score (nSPS) is 18.9. The number of rotatable bonds is 4. The third-order valence-corrected chi connectivity index (χ3v) is 3.24. The van der Waals surface area contributed by atoms with Crippen LogP contribution in [0.15, 0.2) is 24.3 Å². The van der Waals surface area contributed by atoms with E-state index >= 15 is 0 Å². The summed E-state index contributed by atoms with van der Waals surface area (Å²) in [5.74, 6) is 0.844. The first-order valence-corrected chi connectivity index (χ1v) is 6.04. The third-order valence-electron chi connectivity index (χ3n) is 3.24. The van der Waals surface area contributed by atoms with Gasteiger partial charge in [0.15, 0.2) is 0 Å². The van der Waals surface area contributed by atoms with Crippen molar-refractivity contribution in [2.75, 3.05) is 39.9 Å². The second kappa shape index (κ2) is 6.00. The van der Waals surface area contributed by atoms with Crippen LogP contribution in [0.5, 0.6) is 5.75 Å². The van der Waals surface area contributed by atoms with Crippen LogP contribution in [0.4, 0.5) is 0 Å². The van der Waals surface area contributed by atoms with Crippen molar-refractivity contribution in [1.29, 1.82) is 0 Å². The van der Waals surface area contributed by atoms with Gasteiger partial charge in [-0.25, -0.2) is 0 Å². The van der Waals surface area contributed by atoms with E-state index in [4.69, 9.17) is 4.74 Å². The van der Waals surface area contributed by atoms with Crippen molar-refractivity contribution in [2.24, 2.45) is 0 Å². The van der Waals surface area contributed by atoms with Gasteiger partial charge in [0.2, 0.25) is 0 Å². The standard InChI is InChI=1S/C13H20N2O2/c1-17-12-4-2-3-11(9-12)13(10-16)15-7-5-14-6-8-15/h2-4,9,13-14,16H,5-8,10H2,1H3/t13-/m1/s1. The van der Waals surface area contributed by atoms with E-state index in [0.29, 0.717) is 0 Å². The maximum Gasteiger partial charge on any atom is 0.119 e. The molecule has 0 radical (unpaired) electrons. The molecule has 1 atom stereocenters. The first kappa shape index (κ1) is 12.4. The molecule has 0 saturated carbocycles. The van der Waals surface area contributed by atoms with Gasteiger partial charge < -0.3 is 15.2 Å². The van der Waals surface area contributed by atoms with Gasteiger partial charge in [0.25, 0.3) is 0 Å². The monoisotopic (exact) mass is 236 g/mol. The molecule has 1 saturated heterocycles. The number of piperazine rings is 1. The van der Waals surface area contributed by atoms with Gasteiger partial charge in [-0.05, 0) is 17.7 Å². The van der Waals surface area contributed by atoms with Gasteiger partial charge in [-0.15, -0.1) is 0 Å². The van der Waals surface area contributed by atoms with Crippen LogP contribution >= 0.6 is 0 Å². The van der Waals surface area contributed by atoms with Crippen LogP contribution in [-0.4, -0.2) is 49.9 Å². The fraction of sp³-hybridized carbons (Fsp3) is 0.538. The van der Waals surface area contributed by atoms with Crippen LogP contribution in [0, 0.1) is 0 Å². The first-order valence-electron chi connectivity index (χ1n) is 6.04. The van der Waals surface area contributed by atoms with Crippen molar-refractivity contribution in [2.45, 2.75) is 6.04 Å². The molecular formula is C13H20N2O2.